The summed E-state index contributed by atoms with van der Waals surface area (Å²) < 4.78 is 11.9. The van der Waals surface area contributed by atoms with Crippen LogP contribution in [-0.4, -0.2) is 22.9 Å². The SMILES string of the molecule is COc1cccc(N)c1C(=O)OCc1cnn(C)c1. The predicted molar refractivity (Wildman–Crippen MR) is 69.7 cm³/mol. The minimum Gasteiger partial charge on any atom is -0.496 e. The third-order valence-corrected chi connectivity index (χ3v) is 2.61. The van der Waals surface area contributed by atoms with E-state index in [1.54, 1.807) is 42.3 Å². The Morgan fingerprint density at radius 2 is 2.26 bits per heavy atom. The van der Waals surface area contributed by atoms with Crippen LogP contribution in [0.2, 0.25) is 0 Å². The highest BCUT2D eigenvalue weighted by molar-refractivity contribution is 5.98. The van der Waals surface area contributed by atoms with Crippen molar-refractivity contribution in [1.29, 1.82) is 0 Å². The van der Waals surface area contributed by atoms with Crippen LogP contribution in [0, 0.1) is 0 Å². The monoisotopic (exact) mass is 261 g/mol. The van der Waals surface area contributed by atoms with Gasteiger partial charge in [-0.05, 0) is 12.1 Å². The van der Waals surface area contributed by atoms with Gasteiger partial charge in [0.2, 0.25) is 0 Å². The lowest BCUT2D eigenvalue weighted by Crippen LogP contribution is -2.10. The Kier molecular flexibility index (Phi) is 3.70. The Morgan fingerprint density at radius 3 is 2.89 bits per heavy atom. The summed E-state index contributed by atoms with van der Waals surface area (Å²) in [6.45, 7) is 0.143. The molecule has 0 atom stereocenters. The molecule has 6 nitrogen and oxygen atoms in total. The molecular weight excluding hydrogens is 246 g/mol. The van der Waals surface area contributed by atoms with Crippen LogP contribution in [0.5, 0.6) is 5.75 Å². The zero-order valence-corrected chi connectivity index (χ0v) is 10.8. The van der Waals surface area contributed by atoms with Crippen molar-refractivity contribution in [1.82, 2.24) is 9.78 Å². The van der Waals surface area contributed by atoms with E-state index in [4.69, 9.17) is 15.2 Å². The number of anilines is 1. The lowest BCUT2D eigenvalue weighted by molar-refractivity contribution is 0.0470. The highest BCUT2D eigenvalue weighted by atomic mass is 16.5. The average Bonchev–Trinajstić information content (AvgIpc) is 2.81. The summed E-state index contributed by atoms with van der Waals surface area (Å²) in [5, 5.41) is 3.99. The molecule has 0 amide bonds. The van der Waals surface area contributed by atoms with E-state index in [1.165, 1.54) is 7.11 Å². The van der Waals surface area contributed by atoms with Crippen LogP contribution in [0.15, 0.2) is 30.6 Å². The normalized spacial score (nSPS) is 10.2. The topological polar surface area (TPSA) is 79.4 Å². The lowest BCUT2D eigenvalue weighted by Gasteiger charge is -2.10. The first-order valence-corrected chi connectivity index (χ1v) is 5.69. The molecule has 0 fully saturated rings. The number of nitrogen functional groups attached to an aromatic ring is 1. The molecule has 1 aromatic heterocycles. The van der Waals surface area contributed by atoms with Crippen LogP contribution >= 0.6 is 0 Å². The van der Waals surface area contributed by atoms with Crippen LogP contribution in [0.25, 0.3) is 0 Å². The van der Waals surface area contributed by atoms with Gasteiger partial charge in [0.1, 0.15) is 17.9 Å². The second kappa shape index (κ2) is 5.43. The average molecular weight is 261 g/mol. The predicted octanol–water partition coefficient (Wildman–Crippen LogP) is 1.37. The molecule has 0 spiro atoms. The zero-order valence-electron chi connectivity index (χ0n) is 10.8. The number of methoxy groups -OCH3 is 1. The molecule has 0 aliphatic heterocycles. The Hall–Kier alpha value is -2.50. The summed E-state index contributed by atoms with van der Waals surface area (Å²) in [7, 11) is 3.27. The van der Waals surface area contributed by atoms with Crippen molar-refractivity contribution in [3.63, 3.8) is 0 Å². The fraction of sp³-hybridized carbons (Fsp3) is 0.231. The number of carbonyl (C=O) groups is 1. The third kappa shape index (κ3) is 2.85. The van der Waals surface area contributed by atoms with Crippen molar-refractivity contribution in [2.75, 3.05) is 12.8 Å². The van der Waals surface area contributed by atoms with Crippen molar-refractivity contribution in [2.24, 2.45) is 7.05 Å². The van der Waals surface area contributed by atoms with Gasteiger partial charge in [0.25, 0.3) is 0 Å². The van der Waals surface area contributed by atoms with E-state index in [1.807, 2.05) is 0 Å². The summed E-state index contributed by atoms with van der Waals surface area (Å²) in [5.74, 6) is -0.116. The second-order valence-corrected chi connectivity index (χ2v) is 4.02. The zero-order chi connectivity index (χ0) is 13.8. The Bertz CT molecular complexity index is 593. The summed E-state index contributed by atoms with van der Waals surface area (Å²) >= 11 is 0. The van der Waals surface area contributed by atoms with Gasteiger partial charge in [-0.2, -0.15) is 5.10 Å². The van der Waals surface area contributed by atoms with E-state index in [9.17, 15) is 4.79 Å². The molecule has 0 saturated heterocycles. The fourth-order valence-corrected chi connectivity index (χ4v) is 1.70. The Labute approximate surface area is 110 Å². The summed E-state index contributed by atoms with van der Waals surface area (Å²) in [6.07, 6.45) is 3.41. The molecule has 0 unspecified atom stereocenters. The van der Waals surface area contributed by atoms with E-state index < -0.39 is 5.97 Å². The van der Waals surface area contributed by atoms with Gasteiger partial charge >= 0.3 is 5.97 Å². The molecule has 19 heavy (non-hydrogen) atoms. The summed E-state index contributed by atoms with van der Waals surface area (Å²) in [6, 6.07) is 5.01. The Morgan fingerprint density at radius 1 is 1.47 bits per heavy atom. The number of carbonyl (C=O) groups excluding carboxylic acids is 1. The van der Waals surface area contributed by atoms with Crippen LogP contribution in [0.3, 0.4) is 0 Å². The molecular formula is C13H15N3O3. The van der Waals surface area contributed by atoms with Gasteiger partial charge in [0, 0.05) is 24.5 Å². The van der Waals surface area contributed by atoms with Gasteiger partial charge < -0.3 is 15.2 Å². The maximum Gasteiger partial charge on any atom is 0.344 e. The molecule has 0 aliphatic rings. The second-order valence-electron chi connectivity index (χ2n) is 4.02. The van der Waals surface area contributed by atoms with Crippen LogP contribution in [0.1, 0.15) is 15.9 Å². The fourth-order valence-electron chi connectivity index (χ4n) is 1.70. The third-order valence-electron chi connectivity index (χ3n) is 2.61. The van der Waals surface area contributed by atoms with Crippen LogP contribution in [0.4, 0.5) is 5.69 Å². The van der Waals surface area contributed by atoms with Gasteiger partial charge in [-0.1, -0.05) is 6.07 Å². The molecule has 0 radical (unpaired) electrons. The summed E-state index contributed by atoms with van der Waals surface area (Å²) in [5.41, 5.74) is 7.16. The molecule has 0 aliphatic carbocycles. The molecule has 0 saturated carbocycles. The number of nitrogens with two attached hydrogens (primary N) is 1. The van der Waals surface area contributed by atoms with Crippen molar-refractivity contribution >= 4 is 11.7 Å². The highest BCUT2D eigenvalue weighted by Gasteiger charge is 2.17. The molecule has 2 aromatic rings. The number of ether oxygens (including phenoxy) is 2. The minimum absolute atomic E-state index is 0.143. The number of aryl methyl sites for hydroxylation is 1. The first-order chi connectivity index (χ1) is 9.11. The number of rotatable bonds is 4. The van der Waals surface area contributed by atoms with Gasteiger partial charge in [-0.15, -0.1) is 0 Å². The number of hydrogen-bond acceptors (Lipinski definition) is 5. The van der Waals surface area contributed by atoms with Gasteiger partial charge in [-0.25, -0.2) is 4.79 Å². The Balaban J connectivity index is 2.12. The smallest absolute Gasteiger partial charge is 0.344 e. The summed E-state index contributed by atoms with van der Waals surface area (Å²) in [4.78, 5) is 12.0. The number of aromatic nitrogens is 2. The largest absolute Gasteiger partial charge is 0.496 e. The molecule has 100 valence electrons. The molecule has 1 heterocycles. The van der Waals surface area contributed by atoms with Crippen molar-refractivity contribution < 1.29 is 14.3 Å². The van der Waals surface area contributed by atoms with E-state index in [2.05, 4.69) is 5.10 Å². The standard InChI is InChI=1S/C13H15N3O3/c1-16-7-9(6-15-16)8-19-13(17)12-10(14)4-3-5-11(12)18-2/h3-7H,8,14H2,1-2H3. The van der Waals surface area contributed by atoms with Gasteiger partial charge in [0.15, 0.2) is 0 Å². The molecule has 1 aromatic carbocycles. The van der Waals surface area contributed by atoms with E-state index in [-0.39, 0.29) is 12.2 Å². The highest BCUT2D eigenvalue weighted by Crippen LogP contribution is 2.25. The number of hydrogen-bond donors (Lipinski definition) is 1. The van der Waals surface area contributed by atoms with Crippen LogP contribution in [-0.2, 0) is 18.4 Å². The maximum absolute atomic E-state index is 12.0. The first-order valence-electron chi connectivity index (χ1n) is 5.69. The maximum atomic E-state index is 12.0. The molecule has 6 heteroatoms. The van der Waals surface area contributed by atoms with Crippen molar-refractivity contribution in [3.05, 3.63) is 41.7 Å². The number of esters is 1. The van der Waals surface area contributed by atoms with Gasteiger partial charge in [-0.3, -0.25) is 4.68 Å². The quantitative estimate of drug-likeness (QED) is 0.664. The molecule has 2 rings (SSSR count). The van der Waals surface area contributed by atoms with Crippen LogP contribution < -0.4 is 10.5 Å². The van der Waals surface area contributed by atoms with Crippen molar-refractivity contribution in [3.8, 4) is 5.75 Å². The number of nitrogens with zero attached hydrogens (tertiary/aromatic N) is 2. The van der Waals surface area contributed by atoms with E-state index >= 15 is 0 Å². The molecule has 0 bridgehead atoms. The molecule has 2 N–H and O–H groups in total. The van der Waals surface area contributed by atoms with Crippen molar-refractivity contribution in [2.45, 2.75) is 6.61 Å². The minimum atomic E-state index is -0.515. The first kappa shape index (κ1) is 12.9. The number of benzene rings is 1. The van der Waals surface area contributed by atoms with E-state index in [0.29, 0.717) is 11.4 Å². The lowest BCUT2D eigenvalue weighted by atomic mass is 10.1. The van der Waals surface area contributed by atoms with E-state index in [0.717, 1.165) is 5.56 Å². The van der Waals surface area contributed by atoms with Gasteiger partial charge in [0.05, 0.1) is 13.3 Å².